The Hall–Kier alpha value is -4.79. The second kappa shape index (κ2) is 16.0. The fourth-order valence-electron chi connectivity index (χ4n) is 7.14. The van der Waals surface area contributed by atoms with E-state index in [1.54, 1.807) is 26.1 Å². The van der Waals surface area contributed by atoms with E-state index in [1.807, 2.05) is 24.3 Å². The average Bonchev–Trinajstić information content (AvgIpc) is 3.73. The van der Waals surface area contributed by atoms with E-state index in [1.165, 1.54) is 45.9 Å². The Morgan fingerprint density at radius 1 is 0.911 bits per heavy atom. The first-order chi connectivity index (χ1) is 28.0. The van der Waals surface area contributed by atoms with Gasteiger partial charge in [-0.25, -0.2) is 4.98 Å². The second-order valence-corrected chi connectivity index (χ2v) is 21.0. The van der Waals surface area contributed by atoms with Gasteiger partial charge in [-0.1, -0.05) is 128 Å². The molecule has 56 heavy (non-hydrogen) atoms. The number of thiophene rings is 1. The van der Waals surface area contributed by atoms with Crippen LogP contribution in [0.15, 0.2) is 115 Å². The number of hydrogen-bond donors (Lipinski definition) is 0. The summed E-state index contributed by atoms with van der Waals surface area (Å²) in [5.74, 6) is -2.16. The van der Waals surface area contributed by atoms with Crippen molar-refractivity contribution in [3.8, 4) is 11.3 Å². The number of fused-ring (bicyclic) bond motifs is 5. The van der Waals surface area contributed by atoms with Gasteiger partial charge in [-0.2, -0.15) is 33.9 Å². The van der Waals surface area contributed by atoms with Gasteiger partial charge in [0.2, 0.25) is 5.95 Å². The van der Waals surface area contributed by atoms with Crippen LogP contribution in [0.2, 0.25) is 19.6 Å². The van der Waals surface area contributed by atoms with E-state index in [0.717, 1.165) is 49.7 Å². The molecule has 1 aliphatic heterocycles. The predicted octanol–water partition coefficient (Wildman–Crippen LogP) is 12.9. The van der Waals surface area contributed by atoms with Gasteiger partial charge in [-0.05, 0) is 62.9 Å². The maximum atomic E-state index is 14.7. The number of anilines is 1. The van der Waals surface area contributed by atoms with Gasteiger partial charge < -0.3 is 15.2 Å². The maximum Gasteiger partial charge on any atom is 3.00 e. The number of rotatable bonds is 6. The van der Waals surface area contributed by atoms with Gasteiger partial charge in [0.15, 0.2) is 0 Å². The number of aryl methyl sites for hydroxylation is 1. The topological polar surface area (TPSA) is 43.1 Å². The van der Waals surface area contributed by atoms with Gasteiger partial charge in [0.1, 0.15) is 4.83 Å². The Morgan fingerprint density at radius 2 is 1.64 bits per heavy atom. The van der Waals surface area contributed by atoms with E-state index in [0.29, 0.717) is 10.5 Å². The maximum absolute atomic E-state index is 14.7. The van der Waals surface area contributed by atoms with Gasteiger partial charge >= 0.3 is 20.1 Å². The molecule has 282 valence electrons. The third-order valence-electron chi connectivity index (χ3n) is 9.90. The largest absolute Gasteiger partial charge is 3.00 e. The Balaban J connectivity index is 0.000000188. The number of hydrogen-bond acceptors (Lipinski definition) is 4. The van der Waals surface area contributed by atoms with Crippen molar-refractivity contribution in [1.82, 2.24) is 9.97 Å². The summed E-state index contributed by atoms with van der Waals surface area (Å²) in [6.45, 7) is 8.26. The van der Waals surface area contributed by atoms with Gasteiger partial charge in [0.05, 0.1) is 8.07 Å². The fourth-order valence-corrected chi connectivity index (χ4v) is 9.90. The minimum Gasteiger partial charge on any atom is -0.661 e. The van der Waals surface area contributed by atoms with Crippen LogP contribution >= 0.6 is 11.3 Å². The number of benzene rings is 5. The van der Waals surface area contributed by atoms with E-state index in [-0.39, 0.29) is 37.4 Å². The van der Waals surface area contributed by atoms with Crippen LogP contribution in [0.5, 0.6) is 0 Å². The first-order valence-electron chi connectivity index (χ1n) is 20.1. The zero-order chi connectivity index (χ0) is 41.9. The Bertz CT molecular complexity index is 2860. The monoisotopic (exact) mass is 956 g/mol. The van der Waals surface area contributed by atoms with Gasteiger partial charge in [-0.3, -0.25) is 4.39 Å². The van der Waals surface area contributed by atoms with Crippen molar-refractivity contribution < 1.29 is 34.4 Å². The quantitative estimate of drug-likeness (QED) is 0.0947. The molecule has 0 saturated carbocycles. The Morgan fingerprint density at radius 3 is 2.38 bits per heavy atom. The van der Waals surface area contributed by atoms with E-state index >= 15 is 0 Å². The predicted molar refractivity (Wildman–Crippen MR) is 229 cm³/mol. The first kappa shape index (κ1) is 34.5. The standard InChI is InChI=1S/C29H18FN3S.C18H23FNSi.Ir/c30-26-14-13-22-21-11-6-12-23(27(21)34-29(22)32-26)28-31-24-15-19-9-4-5-10-20(19)16-25(24)33(28)17-18-7-2-1-3-8-18;1-12(2)15-10-16(20-11-17(15)21(4,5)6)14-9-7-8-13(3)18(14)19;/h1-11,13-16,28H,17H2;7-8,10-12H,1-6H3;/q-2;-1;+3/i;3D3,12D;. The summed E-state index contributed by atoms with van der Waals surface area (Å²) in [5, 5.41) is 10.6. The van der Waals surface area contributed by atoms with Gasteiger partial charge in [0, 0.05) is 29.7 Å². The van der Waals surface area contributed by atoms with Crippen molar-refractivity contribution in [1.29, 1.82) is 0 Å². The molecule has 0 amide bonds. The summed E-state index contributed by atoms with van der Waals surface area (Å²) >= 11 is 1.51. The molecule has 8 aromatic rings. The summed E-state index contributed by atoms with van der Waals surface area (Å²) in [5.41, 5.74) is 5.10. The molecule has 3 aromatic heterocycles. The SMILES string of the molecule is Fc1ccc2c(n1)sc1c(C3[N-]c4cc5ccccc5cc4N3Cc3ccccc3)[c-]ccc12.[2H]C([2H])([2H])c1cc[c-]c(-c2cc(C([2H])(C)C)c([Si](C)(C)C)cn2)c1F.[Ir+3]. The number of aromatic nitrogens is 2. The molecule has 0 saturated heterocycles. The van der Waals surface area contributed by atoms with Crippen molar-refractivity contribution in [3.63, 3.8) is 0 Å². The van der Waals surface area contributed by atoms with Gasteiger partial charge in [-0.15, -0.1) is 34.8 Å². The zero-order valence-electron chi connectivity index (χ0n) is 35.5. The molecule has 0 aliphatic carbocycles. The molecule has 0 fully saturated rings. The molecule has 4 nitrogen and oxygen atoms in total. The minimum atomic E-state index is -2.54. The second-order valence-electron chi connectivity index (χ2n) is 15.0. The molecule has 1 aliphatic rings. The molecule has 1 unspecified atom stereocenters. The van der Waals surface area contributed by atoms with Crippen LogP contribution in [-0.2, 0) is 26.7 Å². The molecule has 1 atom stereocenters. The normalized spacial score (nSPS) is 15.2. The molecule has 4 heterocycles. The van der Waals surface area contributed by atoms with Crippen LogP contribution in [0.3, 0.4) is 0 Å². The summed E-state index contributed by atoms with van der Waals surface area (Å²) in [6, 6.07) is 41.0. The van der Waals surface area contributed by atoms with Gasteiger partial charge in [0.25, 0.3) is 0 Å². The molecule has 9 rings (SSSR count). The molecule has 5 aromatic carbocycles. The minimum absolute atomic E-state index is 0. The molecule has 9 heteroatoms. The Kier molecular flexibility index (Phi) is 9.83. The van der Waals surface area contributed by atoms with E-state index in [2.05, 4.69) is 107 Å². The Labute approximate surface area is 351 Å². The first-order valence-corrected chi connectivity index (χ1v) is 22.4. The summed E-state index contributed by atoms with van der Waals surface area (Å²) in [4.78, 5) is 11.6. The molecular weight excluding hydrogens is 911 g/mol. The number of pyridine rings is 2. The average molecular weight is 956 g/mol. The summed E-state index contributed by atoms with van der Waals surface area (Å²) < 4.78 is 60.5. The van der Waals surface area contributed by atoms with Crippen LogP contribution in [0.4, 0.5) is 20.2 Å². The van der Waals surface area contributed by atoms with Crippen LogP contribution in [0.25, 0.3) is 47.6 Å². The smallest absolute Gasteiger partial charge is 0.661 e. The van der Waals surface area contributed by atoms with E-state index in [4.69, 9.17) is 10.8 Å². The molecular formula is C47H41F2IrN4SSi. The number of halogens is 2. The molecule has 0 N–H and O–H groups in total. The zero-order valence-corrected chi connectivity index (χ0v) is 35.8. The van der Waals surface area contributed by atoms with Crippen molar-refractivity contribution in [2.75, 3.05) is 4.90 Å². The van der Waals surface area contributed by atoms with Crippen LogP contribution in [0, 0.1) is 30.7 Å². The van der Waals surface area contributed by atoms with Crippen LogP contribution < -0.4 is 10.1 Å². The summed E-state index contributed by atoms with van der Waals surface area (Å²) in [6.07, 6.45) is 1.48. The third-order valence-corrected chi connectivity index (χ3v) is 13.1. The van der Waals surface area contributed by atoms with E-state index in [9.17, 15) is 8.78 Å². The summed E-state index contributed by atoms with van der Waals surface area (Å²) in [7, 11) is -1.74. The van der Waals surface area contributed by atoms with Crippen molar-refractivity contribution in [3.05, 3.63) is 167 Å². The number of nitrogens with zero attached hydrogens (tertiary/aromatic N) is 4. The third kappa shape index (κ3) is 7.66. The molecule has 0 radical (unpaired) electrons. The van der Waals surface area contributed by atoms with E-state index < -0.39 is 32.6 Å². The fraction of sp³-hybridized carbons (Fsp3) is 0.191. The van der Waals surface area contributed by atoms with Crippen molar-refractivity contribution in [2.45, 2.75) is 58.9 Å². The van der Waals surface area contributed by atoms with Crippen LogP contribution in [-0.4, -0.2) is 18.0 Å². The van der Waals surface area contributed by atoms with Crippen LogP contribution in [0.1, 0.15) is 53.6 Å². The van der Waals surface area contributed by atoms with Crippen molar-refractivity contribution >= 4 is 67.0 Å². The van der Waals surface area contributed by atoms with Crippen molar-refractivity contribution in [2.24, 2.45) is 0 Å². The molecule has 0 bridgehead atoms. The molecule has 0 spiro atoms.